The molecule has 2 aromatic carbocycles. The second-order valence-corrected chi connectivity index (χ2v) is 6.80. The summed E-state index contributed by atoms with van der Waals surface area (Å²) in [6.45, 7) is 2.38. The fourth-order valence-electron chi connectivity index (χ4n) is 2.98. The average Bonchev–Trinajstić information content (AvgIpc) is 3.10. The molecule has 0 bridgehead atoms. The summed E-state index contributed by atoms with van der Waals surface area (Å²) in [6.07, 6.45) is 1.70. The quantitative estimate of drug-likeness (QED) is 0.452. The number of benzene rings is 2. The van der Waals surface area contributed by atoms with Crippen LogP contribution < -0.4 is 4.74 Å². The van der Waals surface area contributed by atoms with Gasteiger partial charge in [-0.3, -0.25) is 19.6 Å². The van der Waals surface area contributed by atoms with Crippen molar-refractivity contribution in [3.05, 3.63) is 87.2 Å². The fourth-order valence-corrected chi connectivity index (χ4v) is 2.98. The van der Waals surface area contributed by atoms with Gasteiger partial charge in [-0.1, -0.05) is 12.1 Å². The fraction of sp³-hybridized carbons (Fsp3) is 0.238. The third-order valence-electron chi connectivity index (χ3n) is 4.61. The molecule has 0 aliphatic carbocycles. The lowest BCUT2D eigenvalue weighted by atomic mass is 10.1. The summed E-state index contributed by atoms with van der Waals surface area (Å²) in [7, 11) is 3.59. The van der Waals surface area contributed by atoms with E-state index >= 15 is 0 Å². The summed E-state index contributed by atoms with van der Waals surface area (Å²) in [5.74, 6) is 0.442. The van der Waals surface area contributed by atoms with Crippen molar-refractivity contribution in [1.82, 2.24) is 14.7 Å². The van der Waals surface area contributed by atoms with Crippen molar-refractivity contribution in [3.63, 3.8) is 0 Å². The van der Waals surface area contributed by atoms with Gasteiger partial charge in [-0.15, -0.1) is 0 Å². The Balaban J connectivity index is 1.66. The van der Waals surface area contributed by atoms with E-state index in [0.29, 0.717) is 23.4 Å². The maximum Gasteiger partial charge on any atom is 0.272 e. The molecule has 0 saturated carbocycles. The zero-order valence-corrected chi connectivity index (χ0v) is 16.5. The number of nitro groups is 1. The van der Waals surface area contributed by atoms with Gasteiger partial charge in [0.15, 0.2) is 0 Å². The first kappa shape index (κ1) is 20.1. The molecule has 1 amide bonds. The number of aromatic nitrogens is 2. The lowest BCUT2D eigenvalue weighted by molar-refractivity contribution is -0.385. The molecule has 150 valence electrons. The number of carbonyl (C=O) groups excluding carboxylic acids is 1. The molecule has 0 aliphatic heterocycles. The molecule has 1 aromatic heterocycles. The third kappa shape index (κ3) is 4.78. The van der Waals surface area contributed by atoms with Crippen LogP contribution in [0.4, 0.5) is 5.69 Å². The molecule has 0 N–H and O–H groups in total. The molecule has 0 fully saturated rings. The predicted molar refractivity (Wildman–Crippen MR) is 108 cm³/mol. The summed E-state index contributed by atoms with van der Waals surface area (Å²) in [6, 6.07) is 13.7. The molecule has 3 aromatic rings. The Morgan fingerprint density at radius 1 is 1.24 bits per heavy atom. The summed E-state index contributed by atoms with van der Waals surface area (Å²) in [4.78, 5) is 24.9. The SMILES string of the molecule is Cc1cc(OCc2cccc(C(=O)N(C)Cc3ccnn3C)c2)ccc1[N+](=O)[O-]. The van der Waals surface area contributed by atoms with Gasteiger partial charge < -0.3 is 9.64 Å². The van der Waals surface area contributed by atoms with Gasteiger partial charge in [0.05, 0.1) is 17.2 Å². The van der Waals surface area contributed by atoms with Crippen molar-refractivity contribution in [3.8, 4) is 5.75 Å². The normalized spacial score (nSPS) is 10.6. The van der Waals surface area contributed by atoms with Crippen LogP contribution in [0.2, 0.25) is 0 Å². The van der Waals surface area contributed by atoms with Gasteiger partial charge in [-0.2, -0.15) is 5.10 Å². The van der Waals surface area contributed by atoms with Crippen LogP contribution in [0.1, 0.15) is 27.2 Å². The molecule has 29 heavy (non-hydrogen) atoms. The van der Waals surface area contributed by atoms with Gasteiger partial charge >= 0.3 is 0 Å². The van der Waals surface area contributed by atoms with Crippen LogP contribution in [0, 0.1) is 17.0 Å². The minimum atomic E-state index is -0.420. The van der Waals surface area contributed by atoms with E-state index in [-0.39, 0.29) is 18.2 Å². The van der Waals surface area contributed by atoms with Crippen molar-refractivity contribution in [2.45, 2.75) is 20.1 Å². The Kier molecular flexibility index (Phi) is 5.92. The number of carbonyl (C=O) groups is 1. The van der Waals surface area contributed by atoms with Crippen molar-refractivity contribution in [2.75, 3.05) is 7.05 Å². The number of hydrogen-bond acceptors (Lipinski definition) is 5. The highest BCUT2D eigenvalue weighted by atomic mass is 16.6. The molecular formula is C21H22N4O4. The smallest absolute Gasteiger partial charge is 0.272 e. The first-order valence-corrected chi connectivity index (χ1v) is 9.04. The minimum absolute atomic E-state index is 0.0569. The highest BCUT2D eigenvalue weighted by molar-refractivity contribution is 5.94. The molecule has 0 spiro atoms. The van der Waals surface area contributed by atoms with E-state index in [2.05, 4.69) is 5.10 Å². The Hall–Kier alpha value is -3.68. The van der Waals surface area contributed by atoms with Crippen LogP contribution in [0.3, 0.4) is 0 Å². The highest BCUT2D eigenvalue weighted by Gasteiger charge is 2.14. The van der Waals surface area contributed by atoms with Crippen molar-refractivity contribution < 1.29 is 14.5 Å². The second-order valence-electron chi connectivity index (χ2n) is 6.80. The van der Waals surface area contributed by atoms with Gasteiger partial charge in [0.25, 0.3) is 11.6 Å². The first-order chi connectivity index (χ1) is 13.8. The lowest BCUT2D eigenvalue weighted by Gasteiger charge is -2.18. The lowest BCUT2D eigenvalue weighted by Crippen LogP contribution is -2.27. The molecule has 8 heteroatoms. The van der Waals surface area contributed by atoms with E-state index in [9.17, 15) is 14.9 Å². The average molecular weight is 394 g/mol. The van der Waals surface area contributed by atoms with Gasteiger partial charge in [0, 0.05) is 37.5 Å². The van der Waals surface area contributed by atoms with E-state index in [0.717, 1.165) is 11.3 Å². The van der Waals surface area contributed by atoms with Crippen LogP contribution in [0.25, 0.3) is 0 Å². The number of amides is 1. The molecule has 0 radical (unpaired) electrons. The van der Waals surface area contributed by atoms with E-state index in [1.165, 1.54) is 6.07 Å². The van der Waals surface area contributed by atoms with Crippen molar-refractivity contribution in [1.29, 1.82) is 0 Å². The molecule has 0 atom stereocenters. The van der Waals surface area contributed by atoms with Gasteiger partial charge in [-0.25, -0.2) is 0 Å². The Bertz CT molecular complexity index is 1040. The van der Waals surface area contributed by atoms with E-state index < -0.39 is 4.92 Å². The minimum Gasteiger partial charge on any atom is -0.489 e. The predicted octanol–water partition coefficient (Wildman–Crippen LogP) is 3.49. The summed E-state index contributed by atoms with van der Waals surface area (Å²) < 4.78 is 7.48. The molecule has 0 unspecified atom stereocenters. The summed E-state index contributed by atoms with van der Waals surface area (Å²) in [5.41, 5.74) is 2.93. The van der Waals surface area contributed by atoms with Crippen LogP contribution >= 0.6 is 0 Å². The number of ether oxygens (including phenoxy) is 1. The van der Waals surface area contributed by atoms with E-state index in [4.69, 9.17) is 4.74 Å². The number of rotatable bonds is 7. The van der Waals surface area contributed by atoms with Gasteiger partial charge in [0.2, 0.25) is 0 Å². The number of hydrogen-bond donors (Lipinski definition) is 0. The van der Waals surface area contributed by atoms with Gasteiger partial charge in [-0.05, 0) is 42.8 Å². The van der Waals surface area contributed by atoms with Gasteiger partial charge in [0.1, 0.15) is 12.4 Å². The Morgan fingerprint density at radius 2 is 2.03 bits per heavy atom. The maximum atomic E-state index is 12.7. The molecule has 8 nitrogen and oxygen atoms in total. The Morgan fingerprint density at radius 3 is 2.69 bits per heavy atom. The number of aryl methyl sites for hydroxylation is 2. The van der Waals surface area contributed by atoms with Crippen LogP contribution in [-0.2, 0) is 20.2 Å². The number of nitro benzene ring substituents is 1. The standard InChI is InChI=1S/C21H22N4O4/c1-15-11-19(7-8-20(15)25(27)28)29-14-16-5-4-6-17(12-16)21(26)23(2)13-18-9-10-22-24(18)3/h4-12H,13-14H2,1-3H3. The monoisotopic (exact) mass is 394 g/mol. The Labute approximate surface area is 168 Å². The number of nitrogens with zero attached hydrogens (tertiary/aromatic N) is 4. The molecule has 0 saturated heterocycles. The largest absolute Gasteiger partial charge is 0.489 e. The molecule has 1 heterocycles. The topological polar surface area (TPSA) is 90.5 Å². The summed E-state index contributed by atoms with van der Waals surface area (Å²) in [5, 5.41) is 15.0. The van der Waals surface area contributed by atoms with Crippen LogP contribution in [-0.4, -0.2) is 32.6 Å². The summed E-state index contributed by atoms with van der Waals surface area (Å²) >= 11 is 0. The van der Waals surface area contributed by atoms with E-state index in [1.807, 2.05) is 25.2 Å². The molecule has 3 rings (SSSR count). The van der Waals surface area contributed by atoms with Crippen molar-refractivity contribution in [2.24, 2.45) is 7.05 Å². The van der Waals surface area contributed by atoms with E-state index in [1.54, 1.807) is 54.0 Å². The zero-order chi connectivity index (χ0) is 21.0. The third-order valence-corrected chi connectivity index (χ3v) is 4.61. The van der Waals surface area contributed by atoms with Crippen LogP contribution in [0.5, 0.6) is 5.75 Å². The van der Waals surface area contributed by atoms with Crippen molar-refractivity contribution >= 4 is 11.6 Å². The first-order valence-electron chi connectivity index (χ1n) is 9.04. The highest BCUT2D eigenvalue weighted by Crippen LogP contribution is 2.24. The molecule has 0 aliphatic rings. The maximum absolute atomic E-state index is 12.7. The van der Waals surface area contributed by atoms with Crippen LogP contribution in [0.15, 0.2) is 54.7 Å². The zero-order valence-electron chi connectivity index (χ0n) is 16.5. The second kappa shape index (κ2) is 8.55. The molecular weight excluding hydrogens is 372 g/mol.